The summed E-state index contributed by atoms with van der Waals surface area (Å²) in [6, 6.07) is 9.61. The number of carboxylic acids is 1. The number of nitrogens with one attached hydrogen (secondary N) is 1. The maximum Gasteiger partial charge on any atom is 0.345 e. The molecule has 0 aromatic heterocycles. The van der Waals surface area contributed by atoms with Crippen LogP contribution >= 0.6 is 0 Å². The largest absolute Gasteiger partial charge is 0.478 e. The molecule has 1 aliphatic rings. The fraction of sp³-hybridized carbons (Fsp3) is 0.526. The topological polar surface area (TPSA) is 102 Å². The first-order chi connectivity index (χ1) is 12.5. The van der Waals surface area contributed by atoms with E-state index in [0.717, 1.165) is 38.2 Å². The number of aliphatic carboxylic acids is 1. The lowest BCUT2D eigenvalue weighted by molar-refractivity contribution is -0.164. The van der Waals surface area contributed by atoms with Crippen molar-refractivity contribution in [2.45, 2.75) is 63.9 Å². The molecule has 1 saturated carbocycles. The van der Waals surface area contributed by atoms with Crippen molar-refractivity contribution in [1.29, 1.82) is 0 Å². The van der Waals surface area contributed by atoms with Crippen molar-refractivity contribution in [3.05, 3.63) is 35.9 Å². The first-order valence-electron chi connectivity index (χ1n) is 8.80. The maximum absolute atomic E-state index is 12.2. The molecule has 142 valence electrons. The Morgan fingerprint density at radius 3 is 2.54 bits per heavy atom. The molecule has 1 aromatic rings. The second kappa shape index (κ2) is 9.91. The fourth-order valence-corrected chi connectivity index (χ4v) is 3.05. The Balaban J connectivity index is 1.88. The zero-order chi connectivity index (χ0) is 18.9. The molecule has 1 unspecified atom stereocenters. The highest BCUT2D eigenvalue weighted by molar-refractivity contribution is 5.85. The minimum absolute atomic E-state index is 0.120. The number of amides is 1. The van der Waals surface area contributed by atoms with E-state index in [1.165, 1.54) is 0 Å². The number of hydrogen-bond acceptors (Lipinski definition) is 5. The number of carbonyl (C=O) groups excluding carboxylic acids is 2. The van der Waals surface area contributed by atoms with Crippen LogP contribution in [0.1, 0.15) is 44.6 Å². The van der Waals surface area contributed by atoms with E-state index < -0.39 is 30.4 Å². The Kier molecular flexibility index (Phi) is 7.59. The van der Waals surface area contributed by atoms with Crippen molar-refractivity contribution in [2.75, 3.05) is 0 Å². The molecule has 0 spiro atoms. The maximum atomic E-state index is 12.2. The van der Waals surface area contributed by atoms with Gasteiger partial charge in [-0.3, -0.25) is 9.59 Å². The summed E-state index contributed by atoms with van der Waals surface area (Å²) in [5.41, 5.74) is 1.06. The standard InChI is InChI=1S/C19H25NO6/c1-13(21)26-17(19(23)24)11-18(22)20-15-9-5-6-10-16(15)25-12-14-7-3-2-4-8-14/h2-4,7-8,15-17H,5-6,9-12H2,1H3,(H,20,22)(H,23,24)/t15-,16?,17-/m1/s1. The van der Waals surface area contributed by atoms with E-state index in [9.17, 15) is 14.4 Å². The number of benzene rings is 1. The first-order valence-corrected chi connectivity index (χ1v) is 8.80. The van der Waals surface area contributed by atoms with Gasteiger partial charge in [-0.15, -0.1) is 0 Å². The lowest BCUT2D eigenvalue weighted by Gasteiger charge is -2.32. The molecule has 0 bridgehead atoms. The summed E-state index contributed by atoms with van der Waals surface area (Å²) in [7, 11) is 0. The Labute approximate surface area is 152 Å². The highest BCUT2D eigenvalue weighted by atomic mass is 16.6. The zero-order valence-electron chi connectivity index (χ0n) is 14.8. The van der Waals surface area contributed by atoms with E-state index in [0.29, 0.717) is 6.61 Å². The summed E-state index contributed by atoms with van der Waals surface area (Å²) in [5.74, 6) is -2.53. The third kappa shape index (κ3) is 6.48. The quantitative estimate of drug-likeness (QED) is 0.685. The molecule has 2 N–H and O–H groups in total. The van der Waals surface area contributed by atoms with Crippen molar-refractivity contribution >= 4 is 17.8 Å². The SMILES string of the molecule is CC(=O)O[C@H](CC(=O)N[C@@H]1CCCCC1OCc1ccccc1)C(=O)O. The van der Waals surface area contributed by atoms with E-state index >= 15 is 0 Å². The fourth-order valence-electron chi connectivity index (χ4n) is 3.05. The molecule has 0 heterocycles. The van der Waals surface area contributed by atoms with Crippen LogP contribution in [0.3, 0.4) is 0 Å². The Hall–Kier alpha value is -2.41. The van der Waals surface area contributed by atoms with Crippen LogP contribution in [0.5, 0.6) is 0 Å². The predicted molar refractivity (Wildman–Crippen MR) is 93.2 cm³/mol. The van der Waals surface area contributed by atoms with Gasteiger partial charge in [0.2, 0.25) is 12.0 Å². The van der Waals surface area contributed by atoms with Gasteiger partial charge in [-0.25, -0.2) is 4.79 Å². The molecule has 2 rings (SSSR count). The summed E-state index contributed by atoms with van der Waals surface area (Å²) in [5, 5.41) is 11.9. The van der Waals surface area contributed by atoms with Gasteiger partial charge in [-0.1, -0.05) is 43.2 Å². The molecule has 7 nitrogen and oxygen atoms in total. The zero-order valence-corrected chi connectivity index (χ0v) is 14.8. The molecule has 1 fully saturated rings. The lowest BCUT2D eigenvalue weighted by Crippen LogP contribution is -2.47. The van der Waals surface area contributed by atoms with Crippen LogP contribution in [-0.4, -0.2) is 41.2 Å². The minimum atomic E-state index is -1.47. The molecule has 0 saturated heterocycles. The number of hydrogen-bond donors (Lipinski definition) is 2. The highest BCUT2D eigenvalue weighted by Crippen LogP contribution is 2.22. The van der Waals surface area contributed by atoms with Crippen molar-refractivity contribution in [1.82, 2.24) is 5.32 Å². The Bertz CT molecular complexity index is 618. The number of ether oxygens (including phenoxy) is 2. The molecule has 7 heteroatoms. The highest BCUT2D eigenvalue weighted by Gasteiger charge is 2.30. The van der Waals surface area contributed by atoms with Crippen LogP contribution in [0.2, 0.25) is 0 Å². The normalized spacial score (nSPS) is 20.8. The first kappa shape index (κ1) is 19.9. The number of rotatable bonds is 8. The van der Waals surface area contributed by atoms with Gasteiger partial charge in [-0.05, 0) is 18.4 Å². The van der Waals surface area contributed by atoms with E-state index in [-0.39, 0.29) is 12.1 Å². The summed E-state index contributed by atoms with van der Waals surface area (Å²) in [6.07, 6.45) is 1.61. The summed E-state index contributed by atoms with van der Waals surface area (Å²) >= 11 is 0. The minimum Gasteiger partial charge on any atom is -0.478 e. The molecular weight excluding hydrogens is 338 g/mol. The van der Waals surface area contributed by atoms with Crippen LogP contribution < -0.4 is 5.32 Å². The molecule has 1 amide bonds. The van der Waals surface area contributed by atoms with Crippen LogP contribution in [0, 0.1) is 0 Å². The summed E-state index contributed by atoms with van der Waals surface area (Å²) in [4.78, 5) is 34.3. The predicted octanol–water partition coefficient (Wildman–Crippen LogP) is 2.04. The van der Waals surface area contributed by atoms with Gasteiger partial charge in [0, 0.05) is 6.92 Å². The van der Waals surface area contributed by atoms with Gasteiger partial charge in [0.25, 0.3) is 0 Å². The number of carbonyl (C=O) groups is 3. The van der Waals surface area contributed by atoms with Gasteiger partial charge in [0.15, 0.2) is 0 Å². The lowest BCUT2D eigenvalue weighted by atomic mass is 9.92. The molecule has 1 aromatic carbocycles. The van der Waals surface area contributed by atoms with Gasteiger partial charge in [0.1, 0.15) is 0 Å². The van der Waals surface area contributed by atoms with Gasteiger partial charge in [0.05, 0.1) is 25.2 Å². The van der Waals surface area contributed by atoms with Crippen LogP contribution in [0.4, 0.5) is 0 Å². The second-order valence-electron chi connectivity index (χ2n) is 6.43. The molecule has 3 atom stereocenters. The molecule has 0 radical (unpaired) electrons. The van der Waals surface area contributed by atoms with E-state index in [1.807, 2.05) is 30.3 Å². The second-order valence-corrected chi connectivity index (χ2v) is 6.43. The molecular formula is C19H25NO6. The monoisotopic (exact) mass is 363 g/mol. The van der Waals surface area contributed by atoms with E-state index in [2.05, 4.69) is 10.1 Å². The van der Waals surface area contributed by atoms with Crippen molar-refractivity contribution in [3.63, 3.8) is 0 Å². The van der Waals surface area contributed by atoms with Crippen LogP contribution in [0.25, 0.3) is 0 Å². The molecule has 26 heavy (non-hydrogen) atoms. The smallest absolute Gasteiger partial charge is 0.345 e. The van der Waals surface area contributed by atoms with Crippen molar-refractivity contribution < 1.29 is 29.0 Å². The Morgan fingerprint density at radius 1 is 1.19 bits per heavy atom. The van der Waals surface area contributed by atoms with Gasteiger partial charge < -0.3 is 19.9 Å². The number of carboxylic acid groups (broad SMARTS) is 1. The van der Waals surface area contributed by atoms with Crippen molar-refractivity contribution in [2.24, 2.45) is 0 Å². The average Bonchev–Trinajstić information content (AvgIpc) is 2.61. The van der Waals surface area contributed by atoms with Crippen LogP contribution in [0.15, 0.2) is 30.3 Å². The van der Waals surface area contributed by atoms with E-state index in [1.54, 1.807) is 0 Å². The Morgan fingerprint density at radius 2 is 1.88 bits per heavy atom. The molecule has 1 aliphatic carbocycles. The van der Waals surface area contributed by atoms with Gasteiger partial charge >= 0.3 is 11.9 Å². The van der Waals surface area contributed by atoms with Crippen LogP contribution in [-0.2, 0) is 30.5 Å². The third-order valence-corrected chi connectivity index (χ3v) is 4.31. The van der Waals surface area contributed by atoms with Gasteiger partial charge in [-0.2, -0.15) is 0 Å². The number of esters is 1. The van der Waals surface area contributed by atoms with Crippen molar-refractivity contribution in [3.8, 4) is 0 Å². The molecule has 0 aliphatic heterocycles. The summed E-state index contributed by atoms with van der Waals surface area (Å²) in [6.45, 7) is 1.57. The summed E-state index contributed by atoms with van der Waals surface area (Å²) < 4.78 is 10.7. The third-order valence-electron chi connectivity index (χ3n) is 4.31. The van der Waals surface area contributed by atoms with E-state index in [4.69, 9.17) is 9.84 Å². The average molecular weight is 363 g/mol.